The molecule has 1 heteroatoms. The van der Waals surface area contributed by atoms with Gasteiger partial charge in [0, 0.05) is 12.6 Å². The summed E-state index contributed by atoms with van der Waals surface area (Å²) in [6.07, 6.45) is 7.26. The van der Waals surface area contributed by atoms with E-state index in [1.54, 1.807) is 6.42 Å². The van der Waals surface area contributed by atoms with Crippen molar-refractivity contribution in [3.63, 3.8) is 0 Å². The van der Waals surface area contributed by atoms with Crippen molar-refractivity contribution in [2.45, 2.75) is 45.1 Å². The van der Waals surface area contributed by atoms with E-state index < -0.39 is 0 Å². The van der Waals surface area contributed by atoms with Gasteiger partial charge >= 0.3 is 0 Å². The fourth-order valence-corrected chi connectivity index (χ4v) is 2.82. The van der Waals surface area contributed by atoms with Crippen LogP contribution in [-0.2, 0) is 0 Å². The molecule has 3 atom stereocenters. The minimum Gasteiger partial charge on any atom is -0.303 e. The highest BCUT2D eigenvalue weighted by molar-refractivity contribution is 5.02. The van der Waals surface area contributed by atoms with Crippen LogP contribution < -0.4 is 0 Å². The Kier molecular flexibility index (Phi) is 2.40. The highest BCUT2D eigenvalue weighted by Crippen LogP contribution is 2.50. The van der Waals surface area contributed by atoms with E-state index in [4.69, 9.17) is 0 Å². The highest BCUT2D eigenvalue weighted by atomic mass is 15.2. The second kappa shape index (κ2) is 3.37. The van der Waals surface area contributed by atoms with Crippen LogP contribution in [0.1, 0.15) is 39.0 Å². The zero-order valence-corrected chi connectivity index (χ0v) is 8.42. The predicted octanol–water partition coefficient (Wildman–Crippen LogP) is 2.52. The molecule has 0 spiro atoms. The summed E-state index contributed by atoms with van der Waals surface area (Å²) in [7, 11) is 2.31. The van der Waals surface area contributed by atoms with Crippen molar-refractivity contribution in [1.82, 2.24) is 4.90 Å². The smallest absolute Gasteiger partial charge is 0.0124 e. The quantitative estimate of drug-likeness (QED) is 0.582. The van der Waals surface area contributed by atoms with Crippen LogP contribution in [0.3, 0.4) is 0 Å². The molecule has 2 rings (SSSR count). The first-order valence-corrected chi connectivity index (χ1v) is 5.53. The first-order valence-electron chi connectivity index (χ1n) is 5.53. The summed E-state index contributed by atoms with van der Waals surface area (Å²) in [4.78, 5) is 2.59. The van der Waals surface area contributed by atoms with E-state index in [1.165, 1.54) is 32.2 Å². The monoisotopic (exact) mass is 167 g/mol. The Balaban J connectivity index is 1.72. The molecular weight excluding hydrogens is 146 g/mol. The van der Waals surface area contributed by atoms with Gasteiger partial charge in [0.05, 0.1) is 0 Å². The summed E-state index contributed by atoms with van der Waals surface area (Å²) in [5.74, 6) is 2.20. The normalized spacial score (nSPS) is 40.0. The molecule has 0 amide bonds. The van der Waals surface area contributed by atoms with Gasteiger partial charge in [-0.2, -0.15) is 0 Å². The summed E-state index contributed by atoms with van der Waals surface area (Å²) < 4.78 is 0. The van der Waals surface area contributed by atoms with Gasteiger partial charge in [0.25, 0.3) is 0 Å². The summed E-state index contributed by atoms with van der Waals surface area (Å²) in [5, 5.41) is 0. The van der Waals surface area contributed by atoms with Crippen molar-refractivity contribution in [1.29, 1.82) is 0 Å². The van der Waals surface area contributed by atoms with Crippen molar-refractivity contribution in [2.24, 2.45) is 11.8 Å². The van der Waals surface area contributed by atoms with Gasteiger partial charge in [-0.15, -0.1) is 0 Å². The first-order chi connectivity index (χ1) is 5.83. The molecule has 1 nitrogen and oxygen atoms in total. The van der Waals surface area contributed by atoms with Gasteiger partial charge in [-0.1, -0.05) is 26.2 Å². The number of likely N-dealkylation sites (tertiary alicyclic amines) is 1. The van der Waals surface area contributed by atoms with Crippen molar-refractivity contribution >= 4 is 0 Å². The van der Waals surface area contributed by atoms with Crippen LogP contribution in [0.15, 0.2) is 0 Å². The Morgan fingerprint density at radius 1 is 1.33 bits per heavy atom. The van der Waals surface area contributed by atoms with Gasteiger partial charge in [-0.3, -0.25) is 0 Å². The minimum absolute atomic E-state index is 0.960. The van der Waals surface area contributed by atoms with Crippen LogP contribution >= 0.6 is 0 Å². The number of piperidine rings is 1. The molecule has 1 aliphatic heterocycles. The third kappa shape index (κ3) is 1.52. The minimum atomic E-state index is 0.960. The Morgan fingerprint density at radius 3 is 2.75 bits per heavy atom. The number of nitrogens with zero attached hydrogens (tertiary/aromatic N) is 1. The van der Waals surface area contributed by atoms with Crippen molar-refractivity contribution < 1.29 is 0 Å². The maximum absolute atomic E-state index is 2.59. The predicted molar refractivity (Wildman–Crippen MR) is 52.2 cm³/mol. The molecule has 0 bridgehead atoms. The lowest BCUT2D eigenvalue weighted by Gasteiger charge is -2.22. The third-order valence-corrected chi connectivity index (χ3v) is 3.66. The Labute approximate surface area is 76.1 Å². The number of hydrogen-bond acceptors (Lipinski definition) is 1. The number of hydrogen-bond donors (Lipinski definition) is 0. The zero-order valence-electron chi connectivity index (χ0n) is 8.42. The average molecular weight is 167 g/mol. The SMILES string of the molecule is CCCCCC1C2CC2CN1C. The molecule has 0 N–H and O–H groups in total. The van der Waals surface area contributed by atoms with Crippen molar-refractivity contribution in [3.8, 4) is 0 Å². The fraction of sp³-hybridized carbons (Fsp3) is 1.00. The van der Waals surface area contributed by atoms with Crippen LogP contribution in [0.5, 0.6) is 0 Å². The van der Waals surface area contributed by atoms with Gasteiger partial charge in [0.15, 0.2) is 0 Å². The van der Waals surface area contributed by atoms with Crippen LogP contribution in [-0.4, -0.2) is 24.5 Å². The van der Waals surface area contributed by atoms with Crippen LogP contribution in [0.25, 0.3) is 0 Å². The van der Waals surface area contributed by atoms with Crippen LogP contribution in [0.4, 0.5) is 0 Å². The molecule has 0 aromatic carbocycles. The van der Waals surface area contributed by atoms with Gasteiger partial charge in [-0.25, -0.2) is 0 Å². The summed E-state index contributed by atoms with van der Waals surface area (Å²) in [5.41, 5.74) is 0. The topological polar surface area (TPSA) is 3.24 Å². The molecule has 1 aliphatic carbocycles. The number of fused-ring (bicyclic) bond motifs is 1. The summed E-state index contributed by atoms with van der Waals surface area (Å²) >= 11 is 0. The van der Waals surface area contributed by atoms with E-state index in [0.29, 0.717) is 0 Å². The molecule has 1 saturated heterocycles. The maximum atomic E-state index is 2.59. The molecule has 1 saturated carbocycles. The van der Waals surface area contributed by atoms with E-state index >= 15 is 0 Å². The van der Waals surface area contributed by atoms with Gasteiger partial charge in [0.2, 0.25) is 0 Å². The van der Waals surface area contributed by atoms with Crippen LogP contribution in [0.2, 0.25) is 0 Å². The molecule has 0 radical (unpaired) electrons. The van der Waals surface area contributed by atoms with E-state index in [-0.39, 0.29) is 0 Å². The Hall–Kier alpha value is -0.0400. The van der Waals surface area contributed by atoms with E-state index in [1.807, 2.05) is 0 Å². The van der Waals surface area contributed by atoms with Crippen molar-refractivity contribution in [3.05, 3.63) is 0 Å². The summed E-state index contributed by atoms with van der Waals surface area (Å²) in [6.45, 7) is 3.68. The molecule has 2 fully saturated rings. The second-order valence-corrected chi connectivity index (χ2v) is 4.66. The highest BCUT2D eigenvalue weighted by Gasteiger charge is 2.50. The third-order valence-electron chi connectivity index (χ3n) is 3.66. The first kappa shape index (κ1) is 8.55. The lowest BCUT2D eigenvalue weighted by molar-refractivity contribution is 0.251. The number of unbranched alkanes of at least 4 members (excludes halogenated alkanes) is 2. The van der Waals surface area contributed by atoms with Crippen LogP contribution in [0, 0.1) is 11.8 Å². The largest absolute Gasteiger partial charge is 0.303 e. The van der Waals surface area contributed by atoms with Gasteiger partial charge in [-0.05, 0) is 31.7 Å². The standard InChI is InChI=1S/C11H21N/c1-3-4-5-6-11-10-7-9(10)8-12(11)2/h9-11H,3-8H2,1-2H3. The van der Waals surface area contributed by atoms with Gasteiger partial charge < -0.3 is 4.90 Å². The molecule has 0 aromatic rings. The van der Waals surface area contributed by atoms with E-state index in [0.717, 1.165) is 17.9 Å². The van der Waals surface area contributed by atoms with E-state index in [9.17, 15) is 0 Å². The summed E-state index contributed by atoms with van der Waals surface area (Å²) in [6, 6.07) is 0.960. The zero-order chi connectivity index (χ0) is 8.55. The fourth-order valence-electron chi connectivity index (χ4n) is 2.82. The van der Waals surface area contributed by atoms with Gasteiger partial charge in [0.1, 0.15) is 0 Å². The molecule has 0 aromatic heterocycles. The molecule has 70 valence electrons. The average Bonchev–Trinajstić information content (AvgIpc) is 2.72. The molecule has 1 heterocycles. The van der Waals surface area contributed by atoms with Crippen molar-refractivity contribution in [2.75, 3.05) is 13.6 Å². The van der Waals surface area contributed by atoms with E-state index in [2.05, 4.69) is 18.9 Å². The molecule has 12 heavy (non-hydrogen) atoms. The Bertz CT molecular complexity index is 153. The Morgan fingerprint density at radius 2 is 2.17 bits per heavy atom. The molecule has 2 aliphatic rings. The second-order valence-electron chi connectivity index (χ2n) is 4.66. The maximum Gasteiger partial charge on any atom is 0.0124 e. The number of rotatable bonds is 4. The lowest BCUT2D eigenvalue weighted by Crippen LogP contribution is -2.28. The molecular formula is C11H21N. The molecule has 3 unspecified atom stereocenters. The lowest BCUT2D eigenvalue weighted by atomic mass is 10.0.